The molecule has 0 spiro atoms. The van der Waals surface area contributed by atoms with Crippen LogP contribution in [0.5, 0.6) is 0 Å². The smallest absolute Gasteiger partial charge is 0.143 e. The number of hydrogen-bond acceptors (Lipinski definition) is 1. The molecule has 0 bridgehead atoms. The maximum Gasteiger partial charge on any atom is 0.143 e. The minimum atomic E-state index is -0.191. The first-order chi connectivity index (χ1) is 23.0. The van der Waals surface area contributed by atoms with E-state index in [0.29, 0.717) is 16.7 Å². The van der Waals surface area contributed by atoms with Gasteiger partial charge in [-0.3, -0.25) is 0 Å². The summed E-state index contributed by atoms with van der Waals surface area (Å²) >= 11 is 0. The van der Waals surface area contributed by atoms with Gasteiger partial charge in [-0.15, -0.1) is 0 Å². The Kier molecular flexibility index (Phi) is 4.45. The normalized spacial score (nSPS) is 13.0. The lowest BCUT2D eigenvalue weighted by atomic mass is 9.85. The summed E-state index contributed by atoms with van der Waals surface area (Å²) < 4.78 is 43.2. The molecule has 8 aromatic carbocycles. The topological polar surface area (TPSA) is 13.1 Å². The first-order valence-corrected chi connectivity index (χ1v) is 14.4. The zero-order chi connectivity index (χ0) is 31.8. The van der Waals surface area contributed by atoms with Crippen LogP contribution in [-0.4, -0.2) is 0 Å². The molecule has 0 saturated carbocycles. The van der Waals surface area contributed by atoms with Crippen LogP contribution in [0.25, 0.3) is 87.6 Å². The van der Waals surface area contributed by atoms with E-state index in [1.807, 2.05) is 97.1 Å². The highest BCUT2D eigenvalue weighted by Gasteiger charge is 2.20. The van der Waals surface area contributed by atoms with E-state index in [1.165, 1.54) is 0 Å². The summed E-state index contributed by atoms with van der Waals surface area (Å²) in [7, 11) is 0. The van der Waals surface area contributed by atoms with E-state index in [0.717, 1.165) is 70.9 Å². The van der Waals surface area contributed by atoms with Gasteiger partial charge in [-0.2, -0.15) is 0 Å². The first kappa shape index (κ1) is 20.3. The fraction of sp³-hybridized carbons (Fsp3) is 0. The molecule has 0 aliphatic heterocycles. The van der Waals surface area contributed by atoms with Crippen LogP contribution in [0, 0.1) is 0 Å². The Hall–Kier alpha value is -5.66. The minimum absolute atomic E-state index is 0.0775. The highest BCUT2D eigenvalue weighted by molar-refractivity contribution is 6.24. The largest absolute Gasteiger partial charge is 0.455 e. The van der Waals surface area contributed by atoms with Gasteiger partial charge >= 0.3 is 0 Å². The van der Waals surface area contributed by atoms with Crippen molar-refractivity contribution in [3.63, 3.8) is 0 Å². The van der Waals surface area contributed by atoms with E-state index in [1.54, 1.807) is 0 Å². The van der Waals surface area contributed by atoms with Gasteiger partial charge in [0.25, 0.3) is 0 Å². The van der Waals surface area contributed by atoms with Crippen LogP contribution in [0.15, 0.2) is 162 Å². The molecule has 1 heteroatoms. The molecule has 9 rings (SSSR count). The van der Waals surface area contributed by atoms with Crippen molar-refractivity contribution >= 4 is 54.3 Å². The monoisotopic (exact) mass is 550 g/mol. The molecule has 0 unspecified atom stereocenters. The van der Waals surface area contributed by atoms with Crippen LogP contribution in [0.4, 0.5) is 0 Å². The van der Waals surface area contributed by atoms with Gasteiger partial charge < -0.3 is 4.42 Å². The number of para-hydroxylation sites is 2. The second kappa shape index (κ2) is 9.44. The predicted molar refractivity (Wildman–Crippen MR) is 183 cm³/mol. The van der Waals surface area contributed by atoms with Gasteiger partial charge in [-0.05, 0) is 72.7 Å². The molecule has 1 heterocycles. The van der Waals surface area contributed by atoms with E-state index >= 15 is 0 Å². The van der Waals surface area contributed by atoms with E-state index in [4.69, 9.17) is 7.16 Å². The molecule has 0 aliphatic carbocycles. The molecule has 0 radical (unpaired) electrons. The van der Waals surface area contributed by atoms with Gasteiger partial charge in [0.1, 0.15) is 11.2 Å². The Bertz CT molecular complexity index is 2680. The fourth-order valence-electron chi connectivity index (χ4n) is 6.59. The summed E-state index contributed by atoms with van der Waals surface area (Å²) in [6.07, 6.45) is 0. The van der Waals surface area contributed by atoms with Gasteiger partial charge in [-0.25, -0.2) is 0 Å². The number of furan rings is 1. The molecular formula is C42H26O. The van der Waals surface area contributed by atoms with Crippen LogP contribution in [0.3, 0.4) is 0 Å². The Balaban J connectivity index is 1.40. The van der Waals surface area contributed by atoms with E-state index in [-0.39, 0.29) is 24.2 Å². The SMILES string of the molecule is [2H]c1c([2H])c(-c2ccc3ccccc3c2)c([2H])c(-c2c3ccccc3c(-c3cccc4c3oc3ccccc34)c3ccccc23)c1[2H]. The summed E-state index contributed by atoms with van der Waals surface area (Å²) in [6, 6.07) is 44.1. The Morgan fingerprint density at radius 2 is 1.05 bits per heavy atom. The number of rotatable bonds is 3. The second-order valence-corrected chi connectivity index (χ2v) is 10.9. The van der Waals surface area contributed by atoms with Gasteiger partial charge in [0, 0.05) is 21.9 Å². The molecule has 0 saturated heterocycles. The number of hydrogen-bond donors (Lipinski definition) is 0. The lowest BCUT2D eigenvalue weighted by Crippen LogP contribution is -1.91. The van der Waals surface area contributed by atoms with Gasteiger partial charge in [0.2, 0.25) is 0 Å². The Morgan fingerprint density at radius 3 is 1.81 bits per heavy atom. The molecule has 1 aromatic heterocycles. The molecule has 0 amide bonds. The second-order valence-electron chi connectivity index (χ2n) is 10.9. The number of fused-ring (bicyclic) bond motifs is 6. The van der Waals surface area contributed by atoms with Crippen molar-refractivity contribution < 1.29 is 9.90 Å². The summed E-state index contributed by atoms with van der Waals surface area (Å²) in [5.74, 6) is 0. The summed E-state index contributed by atoms with van der Waals surface area (Å²) in [5, 5.41) is 7.82. The van der Waals surface area contributed by atoms with Crippen molar-refractivity contribution in [2.24, 2.45) is 0 Å². The van der Waals surface area contributed by atoms with Gasteiger partial charge in [0.15, 0.2) is 0 Å². The predicted octanol–water partition coefficient (Wildman–Crippen LogP) is 12.0. The van der Waals surface area contributed by atoms with Crippen molar-refractivity contribution in [3.05, 3.63) is 158 Å². The lowest BCUT2D eigenvalue weighted by molar-refractivity contribution is 0.670. The van der Waals surface area contributed by atoms with Crippen LogP contribution in [-0.2, 0) is 0 Å². The third kappa shape index (κ3) is 3.72. The van der Waals surface area contributed by atoms with Crippen molar-refractivity contribution in [2.45, 2.75) is 0 Å². The average molecular weight is 551 g/mol. The third-order valence-corrected chi connectivity index (χ3v) is 8.52. The van der Waals surface area contributed by atoms with E-state index < -0.39 is 0 Å². The average Bonchev–Trinajstić information content (AvgIpc) is 3.50. The van der Waals surface area contributed by atoms with Crippen molar-refractivity contribution in [3.8, 4) is 33.4 Å². The maximum atomic E-state index is 9.61. The van der Waals surface area contributed by atoms with Gasteiger partial charge in [-0.1, -0.05) is 139 Å². The van der Waals surface area contributed by atoms with E-state index in [2.05, 4.69) is 36.4 Å². The van der Waals surface area contributed by atoms with Crippen molar-refractivity contribution in [1.82, 2.24) is 0 Å². The molecule has 0 fully saturated rings. The maximum absolute atomic E-state index is 9.61. The molecule has 0 N–H and O–H groups in total. The fourth-order valence-corrected chi connectivity index (χ4v) is 6.59. The Morgan fingerprint density at radius 1 is 0.442 bits per heavy atom. The van der Waals surface area contributed by atoms with Gasteiger partial charge in [0.05, 0.1) is 5.48 Å². The van der Waals surface area contributed by atoms with Crippen LogP contribution in [0.1, 0.15) is 5.48 Å². The van der Waals surface area contributed by atoms with Crippen LogP contribution in [0.2, 0.25) is 0 Å². The van der Waals surface area contributed by atoms with Crippen molar-refractivity contribution in [1.29, 1.82) is 0 Å². The summed E-state index contributed by atoms with van der Waals surface area (Å²) in [5.41, 5.74) is 5.75. The minimum Gasteiger partial charge on any atom is -0.455 e. The quantitative estimate of drug-likeness (QED) is 0.199. The molecule has 9 aromatic rings. The highest BCUT2D eigenvalue weighted by Crippen LogP contribution is 2.46. The first-order valence-electron chi connectivity index (χ1n) is 16.4. The number of benzene rings is 8. The standard InChI is InChI=1S/C42H26O/c1-2-12-28-25-30(24-23-27(28)11-1)29-13-9-14-31(26-29)40-33-16-3-5-18-35(33)41(36-19-6-4-17-34(36)40)38-21-10-20-37-32-15-7-8-22-39(32)43-42(37)38/h1-26H/i9D,13D,14D,26D. The zero-order valence-corrected chi connectivity index (χ0v) is 23.1. The highest BCUT2D eigenvalue weighted by atomic mass is 16.3. The molecule has 43 heavy (non-hydrogen) atoms. The molecule has 1 nitrogen and oxygen atoms in total. The lowest BCUT2D eigenvalue weighted by Gasteiger charge is -2.18. The zero-order valence-electron chi connectivity index (χ0n) is 27.1. The Labute approximate surface area is 254 Å². The molecule has 0 atom stereocenters. The molecular weight excluding hydrogens is 520 g/mol. The molecule has 0 aliphatic rings. The summed E-state index contributed by atoms with van der Waals surface area (Å²) in [6.45, 7) is 0. The van der Waals surface area contributed by atoms with Crippen molar-refractivity contribution in [2.75, 3.05) is 0 Å². The third-order valence-electron chi connectivity index (χ3n) is 8.52. The van der Waals surface area contributed by atoms with E-state index in [9.17, 15) is 2.74 Å². The van der Waals surface area contributed by atoms with Crippen LogP contribution >= 0.6 is 0 Å². The molecule has 200 valence electrons. The van der Waals surface area contributed by atoms with Crippen LogP contribution < -0.4 is 0 Å². The summed E-state index contributed by atoms with van der Waals surface area (Å²) in [4.78, 5) is 0.